The van der Waals surface area contributed by atoms with Gasteiger partial charge in [-0.25, -0.2) is 0 Å². The Hall–Kier alpha value is -1.16. The molecular weight excluding hydrogens is 282 g/mol. The number of carbonyl (C=O) groups is 1. The monoisotopic (exact) mass is 305 g/mol. The molecule has 2 saturated carbocycles. The zero-order chi connectivity index (χ0) is 14.8. The van der Waals surface area contributed by atoms with Gasteiger partial charge in [0, 0.05) is 10.9 Å². The van der Waals surface area contributed by atoms with Gasteiger partial charge >= 0.3 is 0 Å². The van der Waals surface area contributed by atoms with Crippen LogP contribution in [-0.4, -0.2) is 24.3 Å². The van der Waals surface area contributed by atoms with Crippen LogP contribution in [0.4, 0.5) is 0 Å². The molecule has 4 atom stereocenters. The van der Waals surface area contributed by atoms with E-state index in [9.17, 15) is 4.79 Å². The SMILES string of the molecule is COc1ccc(S[C@H](C)C(=O)N[C@H]2C[C@H]3CC[C@H]2C3)cc1. The van der Waals surface area contributed by atoms with Crippen molar-refractivity contribution in [1.29, 1.82) is 0 Å². The summed E-state index contributed by atoms with van der Waals surface area (Å²) in [5.41, 5.74) is 0. The summed E-state index contributed by atoms with van der Waals surface area (Å²) < 4.78 is 5.15. The molecule has 2 bridgehead atoms. The van der Waals surface area contributed by atoms with Crippen molar-refractivity contribution in [3.8, 4) is 5.75 Å². The Balaban J connectivity index is 1.52. The molecule has 0 radical (unpaired) electrons. The van der Waals surface area contributed by atoms with Crippen molar-refractivity contribution < 1.29 is 9.53 Å². The largest absolute Gasteiger partial charge is 0.497 e. The molecule has 2 fully saturated rings. The van der Waals surface area contributed by atoms with Gasteiger partial charge in [-0.3, -0.25) is 4.79 Å². The van der Waals surface area contributed by atoms with Crippen LogP contribution in [0.25, 0.3) is 0 Å². The highest BCUT2D eigenvalue weighted by atomic mass is 32.2. The number of fused-ring (bicyclic) bond motifs is 2. The van der Waals surface area contributed by atoms with E-state index in [2.05, 4.69) is 5.32 Å². The number of methoxy groups -OCH3 is 1. The van der Waals surface area contributed by atoms with Crippen LogP contribution < -0.4 is 10.1 Å². The van der Waals surface area contributed by atoms with Crippen LogP contribution in [0.15, 0.2) is 29.2 Å². The van der Waals surface area contributed by atoms with Crippen molar-refractivity contribution in [2.24, 2.45) is 11.8 Å². The second kappa shape index (κ2) is 6.30. The Kier molecular flexibility index (Phi) is 4.43. The van der Waals surface area contributed by atoms with E-state index in [1.54, 1.807) is 18.9 Å². The quantitative estimate of drug-likeness (QED) is 0.846. The van der Waals surface area contributed by atoms with Crippen LogP contribution in [-0.2, 0) is 4.79 Å². The van der Waals surface area contributed by atoms with E-state index < -0.39 is 0 Å². The third kappa shape index (κ3) is 3.37. The first-order valence-corrected chi connectivity index (χ1v) is 8.64. The predicted molar refractivity (Wildman–Crippen MR) is 85.7 cm³/mol. The summed E-state index contributed by atoms with van der Waals surface area (Å²) in [6.45, 7) is 1.98. The number of thioether (sulfide) groups is 1. The first-order chi connectivity index (χ1) is 10.2. The Morgan fingerprint density at radius 2 is 2.05 bits per heavy atom. The fourth-order valence-corrected chi connectivity index (χ4v) is 4.51. The Bertz CT molecular complexity index is 502. The molecule has 2 aliphatic carbocycles. The molecule has 0 aliphatic heterocycles. The van der Waals surface area contributed by atoms with Crippen molar-refractivity contribution >= 4 is 17.7 Å². The summed E-state index contributed by atoms with van der Waals surface area (Å²) in [5.74, 6) is 2.62. The fraction of sp³-hybridized carbons (Fsp3) is 0.588. The number of hydrogen-bond donors (Lipinski definition) is 1. The molecule has 0 unspecified atom stereocenters. The number of nitrogens with one attached hydrogen (secondary N) is 1. The van der Waals surface area contributed by atoms with Crippen LogP contribution in [0.3, 0.4) is 0 Å². The molecule has 1 N–H and O–H groups in total. The molecule has 1 amide bonds. The van der Waals surface area contributed by atoms with E-state index in [1.165, 1.54) is 25.7 Å². The number of ether oxygens (including phenoxy) is 1. The van der Waals surface area contributed by atoms with E-state index in [-0.39, 0.29) is 11.2 Å². The summed E-state index contributed by atoms with van der Waals surface area (Å²) in [7, 11) is 1.66. The number of carbonyl (C=O) groups excluding carboxylic acids is 1. The minimum atomic E-state index is -0.0579. The molecule has 2 aliphatic rings. The molecule has 0 saturated heterocycles. The van der Waals surface area contributed by atoms with E-state index >= 15 is 0 Å². The Morgan fingerprint density at radius 3 is 2.62 bits per heavy atom. The van der Waals surface area contributed by atoms with E-state index in [4.69, 9.17) is 4.74 Å². The summed E-state index contributed by atoms with van der Waals surface area (Å²) in [5, 5.41) is 3.21. The number of benzene rings is 1. The lowest BCUT2D eigenvalue weighted by atomic mass is 9.95. The lowest BCUT2D eigenvalue weighted by Crippen LogP contribution is -2.42. The van der Waals surface area contributed by atoms with E-state index in [1.807, 2.05) is 31.2 Å². The van der Waals surface area contributed by atoms with Crippen LogP contribution >= 0.6 is 11.8 Å². The maximum atomic E-state index is 12.3. The molecule has 0 spiro atoms. The molecule has 3 nitrogen and oxygen atoms in total. The van der Waals surface area contributed by atoms with Gasteiger partial charge in [0.15, 0.2) is 0 Å². The average molecular weight is 305 g/mol. The van der Waals surface area contributed by atoms with Gasteiger partial charge in [0.1, 0.15) is 5.75 Å². The summed E-state index contributed by atoms with van der Waals surface area (Å²) in [4.78, 5) is 13.4. The first-order valence-electron chi connectivity index (χ1n) is 7.77. The molecule has 0 heterocycles. The highest BCUT2D eigenvalue weighted by Crippen LogP contribution is 2.44. The second-order valence-electron chi connectivity index (χ2n) is 6.23. The maximum absolute atomic E-state index is 12.3. The van der Waals surface area contributed by atoms with E-state index in [0.717, 1.165) is 22.5 Å². The standard InChI is InChI=1S/C17H23NO2S/c1-11(21-15-7-5-14(20-2)6-8-15)17(19)18-16-10-12-3-4-13(16)9-12/h5-8,11-13,16H,3-4,9-10H2,1-2H3,(H,18,19)/t11-,12+,13+,16+/m1/s1. The van der Waals surface area contributed by atoms with Crippen LogP contribution in [0.2, 0.25) is 0 Å². The van der Waals surface area contributed by atoms with Crippen LogP contribution in [0.1, 0.15) is 32.6 Å². The van der Waals surface area contributed by atoms with Crippen molar-refractivity contribution in [3.05, 3.63) is 24.3 Å². The Morgan fingerprint density at radius 1 is 1.29 bits per heavy atom. The number of rotatable bonds is 5. The molecule has 21 heavy (non-hydrogen) atoms. The molecule has 1 aromatic carbocycles. The van der Waals surface area contributed by atoms with Gasteiger partial charge in [0.05, 0.1) is 12.4 Å². The van der Waals surface area contributed by atoms with Crippen molar-refractivity contribution in [3.63, 3.8) is 0 Å². The normalized spacial score (nSPS) is 28.4. The van der Waals surface area contributed by atoms with Gasteiger partial charge in [-0.1, -0.05) is 6.42 Å². The zero-order valence-electron chi connectivity index (χ0n) is 12.7. The van der Waals surface area contributed by atoms with Gasteiger partial charge in [-0.15, -0.1) is 11.8 Å². The molecule has 3 rings (SSSR count). The lowest BCUT2D eigenvalue weighted by molar-refractivity contribution is -0.121. The first kappa shape index (κ1) is 14.8. The highest BCUT2D eigenvalue weighted by molar-refractivity contribution is 8.00. The maximum Gasteiger partial charge on any atom is 0.233 e. The van der Waals surface area contributed by atoms with Gasteiger partial charge in [-0.05, 0) is 62.3 Å². The summed E-state index contributed by atoms with van der Waals surface area (Å²) in [6.07, 6.45) is 5.18. The molecular formula is C17H23NO2S. The van der Waals surface area contributed by atoms with Crippen molar-refractivity contribution in [2.75, 3.05) is 7.11 Å². The van der Waals surface area contributed by atoms with E-state index in [0.29, 0.717) is 6.04 Å². The van der Waals surface area contributed by atoms with Gasteiger partial charge in [-0.2, -0.15) is 0 Å². The smallest absolute Gasteiger partial charge is 0.233 e. The number of hydrogen-bond acceptors (Lipinski definition) is 3. The predicted octanol–water partition coefficient (Wildman–Crippen LogP) is 3.48. The van der Waals surface area contributed by atoms with Gasteiger partial charge in [0.25, 0.3) is 0 Å². The minimum Gasteiger partial charge on any atom is -0.497 e. The zero-order valence-corrected chi connectivity index (χ0v) is 13.5. The summed E-state index contributed by atoms with van der Waals surface area (Å²) in [6, 6.07) is 8.30. The van der Waals surface area contributed by atoms with Crippen LogP contribution in [0.5, 0.6) is 5.75 Å². The van der Waals surface area contributed by atoms with Crippen molar-refractivity contribution in [1.82, 2.24) is 5.32 Å². The molecule has 4 heteroatoms. The minimum absolute atomic E-state index is 0.0579. The molecule has 0 aromatic heterocycles. The number of amides is 1. The molecule has 1 aromatic rings. The average Bonchev–Trinajstić information content (AvgIpc) is 3.10. The summed E-state index contributed by atoms with van der Waals surface area (Å²) >= 11 is 1.61. The third-order valence-corrected chi connectivity index (χ3v) is 5.92. The third-order valence-electron chi connectivity index (χ3n) is 4.81. The molecule has 114 valence electrons. The lowest BCUT2D eigenvalue weighted by Gasteiger charge is -2.24. The van der Waals surface area contributed by atoms with Crippen LogP contribution in [0, 0.1) is 11.8 Å². The highest BCUT2D eigenvalue weighted by Gasteiger charge is 2.40. The van der Waals surface area contributed by atoms with Gasteiger partial charge < -0.3 is 10.1 Å². The second-order valence-corrected chi connectivity index (χ2v) is 7.64. The fourth-order valence-electron chi connectivity index (χ4n) is 3.63. The van der Waals surface area contributed by atoms with Crippen molar-refractivity contribution in [2.45, 2.75) is 48.8 Å². The Labute approximate surface area is 130 Å². The topological polar surface area (TPSA) is 38.3 Å². The van der Waals surface area contributed by atoms with Gasteiger partial charge in [0.2, 0.25) is 5.91 Å².